The zero-order valence-electron chi connectivity index (χ0n) is 10.8. The number of amides is 1. The van der Waals surface area contributed by atoms with Crippen molar-refractivity contribution in [1.82, 2.24) is 4.90 Å². The summed E-state index contributed by atoms with van der Waals surface area (Å²) >= 11 is 0. The monoisotopic (exact) mass is 228 g/mol. The van der Waals surface area contributed by atoms with Gasteiger partial charge in [-0.15, -0.1) is 0 Å². The molecule has 2 unspecified atom stereocenters. The number of carbonyl (C=O) groups is 1. The largest absolute Gasteiger partial charge is 0.366 e. The molecule has 16 heavy (non-hydrogen) atoms. The van der Waals surface area contributed by atoms with Crippen LogP contribution in [0.25, 0.3) is 0 Å². The van der Waals surface area contributed by atoms with Crippen molar-refractivity contribution in [2.45, 2.75) is 45.8 Å². The molecule has 4 heteroatoms. The van der Waals surface area contributed by atoms with Crippen LogP contribution in [-0.2, 0) is 9.53 Å². The summed E-state index contributed by atoms with van der Waals surface area (Å²) in [5, 5.41) is 0. The molecule has 0 aromatic carbocycles. The summed E-state index contributed by atoms with van der Waals surface area (Å²) in [5.41, 5.74) is 5.69. The van der Waals surface area contributed by atoms with E-state index in [1.807, 2.05) is 25.7 Å². The maximum absolute atomic E-state index is 11.8. The molecular weight excluding hydrogens is 204 g/mol. The van der Waals surface area contributed by atoms with Crippen LogP contribution in [0.15, 0.2) is 0 Å². The lowest BCUT2D eigenvalue weighted by Crippen LogP contribution is -2.51. The smallest absolute Gasteiger partial charge is 0.248 e. The van der Waals surface area contributed by atoms with Gasteiger partial charge < -0.3 is 15.4 Å². The predicted octanol–water partition coefficient (Wildman–Crippen LogP) is 0.997. The second-order valence-electron chi connectivity index (χ2n) is 5.67. The van der Waals surface area contributed by atoms with Crippen LogP contribution in [0.5, 0.6) is 0 Å². The predicted molar refractivity (Wildman–Crippen MR) is 64.0 cm³/mol. The number of piperidine rings is 1. The molecule has 4 nitrogen and oxygen atoms in total. The van der Waals surface area contributed by atoms with Gasteiger partial charge >= 0.3 is 0 Å². The Morgan fingerprint density at radius 1 is 1.50 bits per heavy atom. The molecule has 0 radical (unpaired) electrons. The standard InChI is InChI=1S/C12H24N2O2/c1-9-5-6-14(7-10(9)13)11(15)8-16-12(2,3)4/h9-10H,5-8,13H2,1-4H3. The highest BCUT2D eigenvalue weighted by molar-refractivity contribution is 5.77. The van der Waals surface area contributed by atoms with Gasteiger partial charge in [-0.2, -0.15) is 0 Å². The third-order valence-corrected chi connectivity index (χ3v) is 3.00. The van der Waals surface area contributed by atoms with Gasteiger partial charge in [0.2, 0.25) is 5.91 Å². The number of ether oxygens (including phenoxy) is 1. The highest BCUT2D eigenvalue weighted by Gasteiger charge is 2.26. The molecule has 0 bridgehead atoms. The van der Waals surface area contributed by atoms with Crippen molar-refractivity contribution in [2.24, 2.45) is 11.7 Å². The first-order valence-electron chi connectivity index (χ1n) is 5.97. The molecule has 0 saturated carbocycles. The number of likely N-dealkylation sites (tertiary alicyclic amines) is 1. The first-order chi connectivity index (χ1) is 7.29. The molecule has 94 valence electrons. The third-order valence-electron chi connectivity index (χ3n) is 3.00. The van der Waals surface area contributed by atoms with E-state index < -0.39 is 0 Å². The zero-order chi connectivity index (χ0) is 12.3. The molecule has 0 aromatic heterocycles. The fourth-order valence-electron chi connectivity index (χ4n) is 1.70. The van der Waals surface area contributed by atoms with Crippen LogP contribution in [0, 0.1) is 5.92 Å². The molecule has 2 N–H and O–H groups in total. The molecule has 1 rings (SSSR count). The minimum atomic E-state index is -0.263. The Balaban J connectivity index is 2.38. The summed E-state index contributed by atoms with van der Waals surface area (Å²) in [5.74, 6) is 0.560. The van der Waals surface area contributed by atoms with Crippen LogP contribution < -0.4 is 5.73 Å². The Morgan fingerprint density at radius 2 is 2.12 bits per heavy atom. The molecule has 0 aliphatic carbocycles. The van der Waals surface area contributed by atoms with E-state index in [1.165, 1.54) is 0 Å². The van der Waals surface area contributed by atoms with Crippen molar-refractivity contribution in [1.29, 1.82) is 0 Å². The van der Waals surface area contributed by atoms with Gasteiger partial charge in [0.05, 0.1) is 5.60 Å². The summed E-state index contributed by atoms with van der Waals surface area (Å²) in [6.45, 7) is 9.61. The van der Waals surface area contributed by atoms with Crippen LogP contribution in [0.1, 0.15) is 34.1 Å². The molecule has 2 atom stereocenters. The van der Waals surface area contributed by atoms with Crippen molar-refractivity contribution < 1.29 is 9.53 Å². The quantitative estimate of drug-likeness (QED) is 0.767. The Labute approximate surface area is 98.1 Å². The van der Waals surface area contributed by atoms with Crippen LogP contribution in [0.2, 0.25) is 0 Å². The Hall–Kier alpha value is -0.610. The number of carbonyl (C=O) groups excluding carboxylic acids is 1. The summed E-state index contributed by atoms with van der Waals surface area (Å²) in [4.78, 5) is 13.7. The average Bonchev–Trinajstić information content (AvgIpc) is 2.17. The maximum atomic E-state index is 11.8. The highest BCUT2D eigenvalue weighted by Crippen LogP contribution is 2.16. The molecule has 1 fully saturated rings. The topological polar surface area (TPSA) is 55.6 Å². The second kappa shape index (κ2) is 5.15. The normalized spacial score (nSPS) is 26.9. The number of nitrogens with two attached hydrogens (primary N) is 1. The number of rotatable bonds is 2. The first kappa shape index (κ1) is 13.5. The van der Waals surface area contributed by atoms with Gasteiger partial charge in [0.25, 0.3) is 0 Å². The molecule has 0 spiro atoms. The van der Waals surface area contributed by atoms with E-state index in [2.05, 4.69) is 6.92 Å². The lowest BCUT2D eigenvalue weighted by molar-refractivity contribution is -0.142. The van der Waals surface area contributed by atoms with E-state index in [1.54, 1.807) is 0 Å². The molecule has 1 amide bonds. The van der Waals surface area contributed by atoms with Gasteiger partial charge in [-0.25, -0.2) is 0 Å². The second-order valence-corrected chi connectivity index (χ2v) is 5.67. The third kappa shape index (κ3) is 4.10. The highest BCUT2D eigenvalue weighted by atomic mass is 16.5. The van der Waals surface area contributed by atoms with Crippen molar-refractivity contribution in [2.75, 3.05) is 19.7 Å². The van der Waals surface area contributed by atoms with Crippen LogP contribution in [0.4, 0.5) is 0 Å². The molecular formula is C12H24N2O2. The van der Waals surface area contributed by atoms with Crippen molar-refractivity contribution in [3.63, 3.8) is 0 Å². The minimum Gasteiger partial charge on any atom is -0.366 e. The fourth-order valence-corrected chi connectivity index (χ4v) is 1.70. The van der Waals surface area contributed by atoms with E-state index in [9.17, 15) is 4.79 Å². The first-order valence-corrected chi connectivity index (χ1v) is 5.97. The lowest BCUT2D eigenvalue weighted by Gasteiger charge is -2.35. The van der Waals surface area contributed by atoms with Crippen molar-refractivity contribution in [3.05, 3.63) is 0 Å². The molecule has 1 aliphatic rings. The van der Waals surface area contributed by atoms with E-state index in [0.29, 0.717) is 12.5 Å². The average molecular weight is 228 g/mol. The van der Waals surface area contributed by atoms with Gasteiger partial charge in [-0.1, -0.05) is 6.92 Å². The van der Waals surface area contributed by atoms with Crippen LogP contribution in [0.3, 0.4) is 0 Å². The summed E-state index contributed by atoms with van der Waals surface area (Å²) < 4.78 is 5.47. The van der Waals surface area contributed by atoms with Gasteiger partial charge in [0.1, 0.15) is 6.61 Å². The van der Waals surface area contributed by atoms with Crippen molar-refractivity contribution in [3.8, 4) is 0 Å². The molecule has 1 aliphatic heterocycles. The van der Waals surface area contributed by atoms with E-state index in [0.717, 1.165) is 13.0 Å². The van der Waals surface area contributed by atoms with E-state index in [4.69, 9.17) is 10.5 Å². The van der Waals surface area contributed by atoms with Crippen molar-refractivity contribution >= 4 is 5.91 Å². The van der Waals surface area contributed by atoms with Gasteiger partial charge in [0.15, 0.2) is 0 Å². The molecule has 1 saturated heterocycles. The Morgan fingerprint density at radius 3 is 2.62 bits per heavy atom. The number of hydrogen-bond acceptors (Lipinski definition) is 3. The Kier molecular flexibility index (Phi) is 4.33. The minimum absolute atomic E-state index is 0.0530. The summed E-state index contributed by atoms with van der Waals surface area (Å²) in [7, 11) is 0. The van der Waals surface area contributed by atoms with Gasteiger partial charge in [0, 0.05) is 19.1 Å². The SMILES string of the molecule is CC1CCN(C(=O)COC(C)(C)C)CC1N. The van der Waals surface area contributed by atoms with E-state index in [-0.39, 0.29) is 24.2 Å². The maximum Gasteiger partial charge on any atom is 0.248 e. The van der Waals surface area contributed by atoms with Crippen LogP contribution in [-0.4, -0.2) is 42.1 Å². The number of nitrogens with zero attached hydrogens (tertiary/aromatic N) is 1. The van der Waals surface area contributed by atoms with Gasteiger partial charge in [-0.05, 0) is 33.1 Å². The fraction of sp³-hybridized carbons (Fsp3) is 0.917. The molecule has 1 heterocycles. The van der Waals surface area contributed by atoms with Crippen LogP contribution >= 0.6 is 0 Å². The van der Waals surface area contributed by atoms with Gasteiger partial charge in [-0.3, -0.25) is 4.79 Å². The zero-order valence-corrected chi connectivity index (χ0v) is 10.8. The summed E-state index contributed by atoms with van der Waals surface area (Å²) in [6, 6.07) is 0.104. The van der Waals surface area contributed by atoms with E-state index >= 15 is 0 Å². The lowest BCUT2D eigenvalue weighted by atomic mass is 9.94. The summed E-state index contributed by atoms with van der Waals surface area (Å²) in [6.07, 6.45) is 0.989. The molecule has 0 aromatic rings. The Bertz CT molecular complexity index is 248. The number of hydrogen-bond donors (Lipinski definition) is 1.